The second kappa shape index (κ2) is 5.17. The number of nitrogens with one attached hydrogen (secondary N) is 1. The van der Waals surface area contributed by atoms with Gasteiger partial charge in [-0.05, 0) is 31.4 Å². The van der Waals surface area contributed by atoms with Gasteiger partial charge in [0.05, 0.1) is 6.10 Å². The zero-order valence-corrected chi connectivity index (χ0v) is 10.2. The Morgan fingerprint density at radius 1 is 1.44 bits per heavy atom. The van der Waals surface area contributed by atoms with Crippen LogP contribution < -0.4 is 5.32 Å². The number of piperidine rings is 1. The fraction of sp³-hybridized carbons (Fsp3) is 0.538. The first-order valence-electron chi connectivity index (χ1n) is 5.84. The molecule has 0 aliphatic carbocycles. The van der Waals surface area contributed by atoms with Gasteiger partial charge >= 0.3 is 0 Å². The van der Waals surface area contributed by atoms with E-state index in [4.69, 9.17) is 11.6 Å². The van der Waals surface area contributed by atoms with E-state index < -0.39 is 6.10 Å². The van der Waals surface area contributed by atoms with Crippen LogP contribution in [-0.2, 0) is 0 Å². The summed E-state index contributed by atoms with van der Waals surface area (Å²) in [4.78, 5) is 0. The molecule has 1 heterocycles. The van der Waals surface area contributed by atoms with Gasteiger partial charge in [-0.15, -0.1) is 0 Å². The topological polar surface area (TPSA) is 32.3 Å². The van der Waals surface area contributed by atoms with Crippen molar-refractivity contribution in [3.63, 3.8) is 0 Å². The zero-order valence-electron chi connectivity index (χ0n) is 9.49. The van der Waals surface area contributed by atoms with Crippen LogP contribution in [0.1, 0.15) is 31.4 Å². The summed E-state index contributed by atoms with van der Waals surface area (Å²) in [5, 5.41) is 14.3. The number of halogens is 1. The largest absolute Gasteiger partial charge is 0.387 e. The average molecular weight is 240 g/mol. The molecule has 1 aromatic rings. The molecule has 0 bridgehead atoms. The van der Waals surface area contributed by atoms with Crippen LogP contribution in [0.5, 0.6) is 0 Å². The number of rotatable bonds is 2. The van der Waals surface area contributed by atoms with E-state index in [1.807, 2.05) is 24.3 Å². The molecule has 88 valence electrons. The third-order valence-corrected chi connectivity index (χ3v) is 3.65. The van der Waals surface area contributed by atoms with Crippen LogP contribution in [0.4, 0.5) is 0 Å². The molecule has 0 spiro atoms. The molecular weight excluding hydrogens is 222 g/mol. The Kier molecular flexibility index (Phi) is 3.85. The molecule has 0 radical (unpaired) electrons. The summed E-state index contributed by atoms with van der Waals surface area (Å²) in [6.45, 7) is 3.21. The Labute approximate surface area is 102 Å². The predicted molar refractivity (Wildman–Crippen MR) is 66.6 cm³/mol. The first-order valence-corrected chi connectivity index (χ1v) is 6.22. The maximum absolute atomic E-state index is 10.3. The minimum atomic E-state index is -0.503. The molecule has 1 saturated heterocycles. The quantitative estimate of drug-likeness (QED) is 0.832. The van der Waals surface area contributed by atoms with Crippen molar-refractivity contribution in [1.82, 2.24) is 5.32 Å². The van der Waals surface area contributed by atoms with Crippen molar-refractivity contribution in [3.05, 3.63) is 34.9 Å². The van der Waals surface area contributed by atoms with Crippen molar-refractivity contribution in [1.29, 1.82) is 0 Å². The van der Waals surface area contributed by atoms with Crippen molar-refractivity contribution >= 4 is 11.6 Å². The molecule has 3 heteroatoms. The van der Waals surface area contributed by atoms with Crippen LogP contribution >= 0.6 is 11.6 Å². The standard InChI is InChI=1S/C13H18ClNO/c1-9-6-7-15-12(8-9)13(16)10-4-2-3-5-11(10)14/h2-5,9,12-13,15-16H,6-8H2,1H3. The van der Waals surface area contributed by atoms with E-state index in [0.717, 1.165) is 18.5 Å². The molecule has 3 atom stereocenters. The second-order valence-electron chi connectivity index (χ2n) is 4.66. The highest BCUT2D eigenvalue weighted by molar-refractivity contribution is 6.31. The number of aliphatic hydroxyl groups is 1. The molecule has 1 fully saturated rings. The smallest absolute Gasteiger partial charge is 0.0957 e. The Morgan fingerprint density at radius 3 is 2.88 bits per heavy atom. The minimum Gasteiger partial charge on any atom is -0.387 e. The molecular formula is C13H18ClNO. The molecule has 16 heavy (non-hydrogen) atoms. The van der Waals surface area contributed by atoms with Gasteiger partial charge in [-0.25, -0.2) is 0 Å². The van der Waals surface area contributed by atoms with Crippen LogP contribution in [0.2, 0.25) is 5.02 Å². The van der Waals surface area contributed by atoms with Crippen LogP contribution in [0.3, 0.4) is 0 Å². The molecule has 2 rings (SSSR count). The lowest BCUT2D eigenvalue weighted by Gasteiger charge is -2.32. The number of benzene rings is 1. The van der Waals surface area contributed by atoms with Crippen LogP contribution in [0.15, 0.2) is 24.3 Å². The van der Waals surface area contributed by atoms with Crippen molar-refractivity contribution in [2.24, 2.45) is 5.92 Å². The van der Waals surface area contributed by atoms with Gasteiger partial charge in [0.2, 0.25) is 0 Å². The van der Waals surface area contributed by atoms with Gasteiger partial charge < -0.3 is 10.4 Å². The van der Waals surface area contributed by atoms with Gasteiger partial charge in [0.25, 0.3) is 0 Å². The van der Waals surface area contributed by atoms with E-state index in [2.05, 4.69) is 12.2 Å². The fourth-order valence-corrected chi connectivity index (χ4v) is 2.57. The van der Waals surface area contributed by atoms with E-state index in [-0.39, 0.29) is 6.04 Å². The van der Waals surface area contributed by atoms with Gasteiger partial charge in [0.1, 0.15) is 0 Å². The lowest BCUT2D eigenvalue weighted by molar-refractivity contribution is 0.101. The minimum absolute atomic E-state index is 0.128. The van der Waals surface area contributed by atoms with Crippen LogP contribution in [0.25, 0.3) is 0 Å². The lowest BCUT2D eigenvalue weighted by Crippen LogP contribution is -2.41. The molecule has 1 aromatic carbocycles. The Bertz CT molecular complexity index is 356. The van der Waals surface area contributed by atoms with E-state index >= 15 is 0 Å². The SMILES string of the molecule is CC1CCNC(C(O)c2ccccc2Cl)C1. The third kappa shape index (κ3) is 2.57. The molecule has 2 nitrogen and oxygen atoms in total. The maximum Gasteiger partial charge on any atom is 0.0957 e. The summed E-state index contributed by atoms with van der Waals surface area (Å²) < 4.78 is 0. The van der Waals surface area contributed by atoms with Gasteiger partial charge in [-0.3, -0.25) is 0 Å². The van der Waals surface area contributed by atoms with Gasteiger partial charge in [0.15, 0.2) is 0 Å². The van der Waals surface area contributed by atoms with Gasteiger partial charge in [-0.1, -0.05) is 36.7 Å². The summed E-state index contributed by atoms with van der Waals surface area (Å²) in [6.07, 6.45) is 1.69. The number of hydrogen-bond acceptors (Lipinski definition) is 2. The van der Waals surface area contributed by atoms with Crippen molar-refractivity contribution in [2.45, 2.75) is 31.9 Å². The van der Waals surface area contributed by atoms with E-state index in [9.17, 15) is 5.11 Å². The van der Waals surface area contributed by atoms with Gasteiger partial charge in [-0.2, -0.15) is 0 Å². The predicted octanol–water partition coefficient (Wildman–Crippen LogP) is 2.76. The van der Waals surface area contributed by atoms with E-state index in [1.54, 1.807) is 0 Å². The third-order valence-electron chi connectivity index (χ3n) is 3.30. The second-order valence-corrected chi connectivity index (χ2v) is 5.06. The van der Waals surface area contributed by atoms with E-state index in [1.165, 1.54) is 6.42 Å². The molecule has 3 unspecified atom stereocenters. The lowest BCUT2D eigenvalue weighted by atomic mass is 9.89. The summed E-state index contributed by atoms with van der Waals surface area (Å²) in [7, 11) is 0. The number of hydrogen-bond donors (Lipinski definition) is 2. The number of aliphatic hydroxyl groups excluding tert-OH is 1. The Morgan fingerprint density at radius 2 is 2.19 bits per heavy atom. The van der Waals surface area contributed by atoms with Gasteiger partial charge in [0, 0.05) is 16.6 Å². The van der Waals surface area contributed by atoms with Crippen molar-refractivity contribution in [2.75, 3.05) is 6.54 Å². The molecule has 0 aromatic heterocycles. The fourth-order valence-electron chi connectivity index (χ4n) is 2.32. The Balaban J connectivity index is 2.12. The summed E-state index contributed by atoms with van der Waals surface area (Å²) in [6, 6.07) is 7.65. The maximum atomic E-state index is 10.3. The summed E-state index contributed by atoms with van der Waals surface area (Å²) in [5.74, 6) is 0.670. The first kappa shape index (κ1) is 11.9. The average Bonchev–Trinajstić information content (AvgIpc) is 2.29. The highest BCUT2D eigenvalue weighted by Crippen LogP contribution is 2.29. The summed E-state index contributed by atoms with van der Waals surface area (Å²) in [5.41, 5.74) is 0.829. The zero-order chi connectivity index (χ0) is 11.5. The molecule has 1 aliphatic rings. The monoisotopic (exact) mass is 239 g/mol. The van der Waals surface area contributed by atoms with E-state index in [0.29, 0.717) is 10.9 Å². The van der Waals surface area contributed by atoms with Crippen LogP contribution in [0, 0.1) is 5.92 Å². The first-order chi connectivity index (χ1) is 7.68. The summed E-state index contributed by atoms with van der Waals surface area (Å²) >= 11 is 6.09. The molecule has 2 N–H and O–H groups in total. The van der Waals surface area contributed by atoms with Crippen molar-refractivity contribution < 1.29 is 5.11 Å². The normalized spacial score (nSPS) is 27.7. The van der Waals surface area contributed by atoms with Crippen LogP contribution in [-0.4, -0.2) is 17.7 Å². The molecule has 0 amide bonds. The molecule has 1 aliphatic heterocycles. The Hall–Kier alpha value is -0.570. The highest BCUT2D eigenvalue weighted by Gasteiger charge is 2.26. The highest BCUT2D eigenvalue weighted by atomic mass is 35.5. The van der Waals surface area contributed by atoms with Crippen molar-refractivity contribution in [3.8, 4) is 0 Å². The molecule has 0 saturated carbocycles.